The molecule has 2 N–H and O–H groups in total. The molecule has 1 amide bonds. The lowest BCUT2D eigenvalue weighted by Crippen LogP contribution is -2.33. The Bertz CT molecular complexity index is 725. The Hall–Kier alpha value is -2.27. The van der Waals surface area contributed by atoms with Crippen molar-refractivity contribution in [1.29, 1.82) is 0 Å². The minimum Gasteiger partial charge on any atom is -0.459 e. The summed E-state index contributed by atoms with van der Waals surface area (Å²) in [5.41, 5.74) is 3.43. The van der Waals surface area contributed by atoms with Crippen LogP contribution in [-0.2, 0) is 13.0 Å². The Morgan fingerprint density at radius 1 is 1.40 bits per heavy atom. The highest BCUT2D eigenvalue weighted by Gasteiger charge is 2.27. The van der Waals surface area contributed by atoms with Gasteiger partial charge in [-0.2, -0.15) is 0 Å². The third kappa shape index (κ3) is 3.87. The van der Waals surface area contributed by atoms with E-state index < -0.39 is 6.10 Å². The number of rotatable bonds is 7. The van der Waals surface area contributed by atoms with Crippen LogP contribution >= 0.6 is 0 Å². The fraction of sp³-hybridized carbons (Fsp3) is 0.450. The number of aliphatic hydroxyl groups is 1. The number of amides is 1. The molecule has 5 heteroatoms. The molecule has 0 saturated heterocycles. The molecule has 0 spiro atoms. The normalized spacial score (nSPS) is 17.4. The summed E-state index contributed by atoms with van der Waals surface area (Å²) >= 11 is 0. The van der Waals surface area contributed by atoms with Crippen LogP contribution in [0.15, 0.2) is 41.0 Å². The zero-order valence-electron chi connectivity index (χ0n) is 14.9. The van der Waals surface area contributed by atoms with Crippen molar-refractivity contribution in [2.75, 3.05) is 11.4 Å². The van der Waals surface area contributed by atoms with Crippen LogP contribution in [0.4, 0.5) is 5.69 Å². The molecule has 0 aliphatic carbocycles. The number of benzene rings is 1. The van der Waals surface area contributed by atoms with Gasteiger partial charge in [-0.15, -0.1) is 0 Å². The average Bonchev–Trinajstić information content (AvgIpc) is 3.18. The van der Waals surface area contributed by atoms with Crippen molar-refractivity contribution >= 4 is 11.6 Å². The molecular weight excluding hydrogens is 316 g/mol. The predicted octanol–water partition coefficient (Wildman–Crippen LogP) is 3.12. The predicted molar refractivity (Wildman–Crippen MR) is 97.7 cm³/mol. The van der Waals surface area contributed by atoms with Gasteiger partial charge in [0.2, 0.25) is 0 Å². The SMILES string of the molecule is CCCC(O)CNC(=O)c1occc1CN1c2ccccc2CC1C. The fourth-order valence-electron chi connectivity index (χ4n) is 3.44. The first kappa shape index (κ1) is 17.5. The van der Waals surface area contributed by atoms with E-state index >= 15 is 0 Å². The minimum atomic E-state index is -0.516. The maximum atomic E-state index is 12.4. The van der Waals surface area contributed by atoms with E-state index in [1.54, 1.807) is 6.26 Å². The van der Waals surface area contributed by atoms with Crippen LogP contribution in [0, 0.1) is 0 Å². The molecule has 25 heavy (non-hydrogen) atoms. The summed E-state index contributed by atoms with van der Waals surface area (Å²) in [5.74, 6) is 0.0653. The van der Waals surface area contributed by atoms with Gasteiger partial charge in [-0.05, 0) is 37.5 Å². The van der Waals surface area contributed by atoms with Gasteiger partial charge in [0.25, 0.3) is 5.91 Å². The van der Waals surface area contributed by atoms with Gasteiger partial charge in [0, 0.05) is 30.4 Å². The van der Waals surface area contributed by atoms with Crippen molar-refractivity contribution < 1.29 is 14.3 Å². The minimum absolute atomic E-state index is 0.246. The Kier molecular flexibility index (Phi) is 5.43. The van der Waals surface area contributed by atoms with Crippen LogP contribution in [0.3, 0.4) is 0 Å². The first-order chi connectivity index (χ1) is 12.1. The molecule has 3 rings (SSSR count). The van der Waals surface area contributed by atoms with E-state index in [-0.39, 0.29) is 12.5 Å². The number of para-hydroxylation sites is 1. The highest BCUT2D eigenvalue weighted by atomic mass is 16.3. The zero-order chi connectivity index (χ0) is 17.8. The largest absolute Gasteiger partial charge is 0.459 e. The highest BCUT2D eigenvalue weighted by Crippen LogP contribution is 2.33. The standard InChI is InChI=1S/C20H26N2O3/c1-3-6-17(23)12-21-20(24)19-16(9-10-25-19)13-22-14(2)11-15-7-4-5-8-18(15)22/h4-5,7-10,14,17,23H,3,6,11-13H2,1-2H3,(H,21,24). The molecule has 2 atom stereocenters. The van der Waals surface area contributed by atoms with Crippen molar-refractivity contribution in [3.05, 3.63) is 53.5 Å². The van der Waals surface area contributed by atoms with E-state index in [0.29, 0.717) is 24.8 Å². The van der Waals surface area contributed by atoms with Crippen molar-refractivity contribution in [1.82, 2.24) is 5.32 Å². The summed E-state index contributed by atoms with van der Waals surface area (Å²) in [4.78, 5) is 14.7. The Morgan fingerprint density at radius 2 is 2.20 bits per heavy atom. The average molecular weight is 342 g/mol. The monoisotopic (exact) mass is 342 g/mol. The quantitative estimate of drug-likeness (QED) is 0.811. The number of hydrogen-bond donors (Lipinski definition) is 2. The first-order valence-corrected chi connectivity index (χ1v) is 8.97. The summed E-state index contributed by atoms with van der Waals surface area (Å²) in [7, 11) is 0. The number of hydrogen-bond acceptors (Lipinski definition) is 4. The molecule has 134 valence electrons. The molecule has 5 nitrogen and oxygen atoms in total. The second-order valence-electron chi connectivity index (χ2n) is 6.74. The number of nitrogens with zero attached hydrogens (tertiary/aromatic N) is 1. The number of fused-ring (bicyclic) bond motifs is 1. The highest BCUT2D eigenvalue weighted by molar-refractivity contribution is 5.93. The second kappa shape index (κ2) is 7.74. The van der Waals surface area contributed by atoms with Crippen molar-refractivity contribution in [3.8, 4) is 0 Å². The van der Waals surface area contributed by atoms with Crippen LogP contribution < -0.4 is 10.2 Å². The van der Waals surface area contributed by atoms with Gasteiger partial charge >= 0.3 is 0 Å². The smallest absolute Gasteiger partial charge is 0.287 e. The molecule has 2 aromatic rings. The molecule has 1 aliphatic heterocycles. The number of carbonyl (C=O) groups excluding carboxylic acids is 1. The van der Waals surface area contributed by atoms with Gasteiger partial charge < -0.3 is 19.7 Å². The summed E-state index contributed by atoms with van der Waals surface area (Å²) in [6.07, 6.45) is 3.61. The molecule has 0 fully saturated rings. The van der Waals surface area contributed by atoms with E-state index in [0.717, 1.165) is 18.4 Å². The third-order valence-electron chi connectivity index (χ3n) is 4.76. The molecular formula is C20H26N2O3. The number of furan rings is 1. The van der Waals surface area contributed by atoms with E-state index in [9.17, 15) is 9.90 Å². The topological polar surface area (TPSA) is 65.7 Å². The lowest BCUT2D eigenvalue weighted by atomic mass is 10.1. The fourth-order valence-corrected chi connectivity index (χ4v) is 3.44. The van der Waals surface area contributed by atoms with Gasteiger partial charge in [0.1, 0.15) is 0 Å². The lowest BCUT2D eigenvalue weighted by Gasteiger charge is -2.24. The van der Waals surface area contributed by atoms with Gasteiger partial charge in [-0.25, -0.2) is 0 Å². The number of aliphatic hydroxyl groups excluding tert-OH is 1. The van der Waals surface area contributed by atoms with Crippen LogP contribution in [0.25, 0.3) is 0 Å². The van der Waals surface area contributed by atoms with Gasteiger partial charge in [-0.1, -0.05) is 31.5 Å². The summed E-state index contributed by atoms with van der Waals surface area (Å²) < 4.78 is 5.43. The summed E-state index contributed by atoms with van der Waals surface area (Å²) in [6, 6.07) is 10.6. The first-order valence-electron chi connectivity index (χ1n) is 8.97. The molecule has 0 radical (unpaired) electrons. The van der Waals surface area contributed by atoms with Gasteiger partial charge in [0.15, 0.2) is 5.76 Å². The third-order valence-corrected chi connectivity index (χ3v) is 4.76. The molecule has 2 heterocycles. The number of anilines is 1. The molecule has 1 aromatic carbocycles. The molecule has 0 bridgehead atoms. The van der Waals surface area contributed by atoms with Crippen molar-refractivity contribution in [3.63, 3.8) is 0 Å². The molecule has 1 aromatic heterocycles. The second-order valence-corrected chi connectivity index (χ2v) is 6.74. The van der Waals surface area contributed by atoms with Gasteiger partial charge in [0.05, 0.1) is 12.4 Å². The Morgan fingerprint density at radius 3 is 3.00 bits per heavy atom. The van der Waals surface area contributed by atoms with Crippen LogP contribution in [-0.4, -0.2) is 29.7 Å². The van der Waals surface area contributed by atoms with Crippen molar-refractivity contribution in [2.45, 2.75) is 51.8 Å². The van der Waals surface area contributed by atoms with E-state index in [4.69, 9.17) is 4.42 Å². The van der Waals surface area contributed by atoms with E-state index in [1.165, 1.54) is 11.3 Å². The van der Waals surface area contributed by atoms with Crippen LogP contribution in [0.2, 0.25) is 0 Å². The maximum Gasteiger partial charge on any atom is 0.287 e. The maximum absolute atomic E-state index is 12.4. The van der Waals surface area contributed by atoms with Gasteiger partial charge in [-0.3, -0.25) is 4.79 Å². The molecule has 2 unspecified atom stereocenters. The Balaban J connectivity index is 1.69. The van der Waals surface area contributed by atoms with Crippen LogP contribution in [0.5, 0.6) is 0 Å². The summed E-state index contributed by atoms with van der Waals surface area (Å²) in [6.45, 7) is 5.08. The lowest BCUT2D eigenvalue weighted by molar-refractivity contribution is 0.0882. The number of carbonyl (C=O) groups is 1. The molecule has 1 aliphatic rings. The number of nitrogens with one attached hydrogen (secondary N) is 1. The van der Waals surface area contributed by atoms with Crippen molar-refractivity contribution in [2.24, 2.45) is 0 Å². The summed E-state index contributed by atoms with van der Waals surface area (Å²) in [5, 5.41) is 12.5. The van der Waals surface area contributed by atoms with E-state index in [2.05, 4.69) is 35.3 Å². The van der Waals surface area contributed by atoms with E-state index in [1.807, 2.05) is 19.1 Å². The molecule has 0 saturated carbocycles. The Labute approximate surface area is 148 Å². The zero-order valence-corrected chi connectivity index (χ0v) is 14.9. The van der Waals surface area contributed by atoms with Crippen LogP contribution in [0.1, 0.15) is 48.4 Å².